The first kappa shape index (κ1) is 16.7. The van der Waals surface area contributed by atoms with Crippen molar-refractivity contribution in [2.45, 2.75) is 34.1 Å². The van der Waals surface area contributed by atoms with Crippen LogP contribution in [-0.2, 0) is 6.42 Å². The van der Waals surface area contributed by atoms with E-state index in [2.05, 4.69) is 31.0 Å². The lowest BCUT2D eigenvalue weighted by Crippen LogP contribution is -2.03. The third-order valence-corrected chi connectivity index (χ3v) is 2.62. The molecule has 0 fully saturated rings. The highest BCUT2D eigenvalue weighted by Crippen LogP contribution is 2.22. The Bertz CT molecular complexity index is 535. The average Bonchev–Trinajstić information content (AvgIpc) is 2.77. The number of hydrogen-bond acceptors (Lipinski definition) is 3. The summed E-state index contributed by atoms with van der Waals surface area (Å²) in [6.07, 6.45) is 2.06. The second-order valence-electron chi connectivity index (χ2n) is 5.28. The third kappa shape index (κ3) is 4.94. The van der Waals surface area contributed by atoms with Gasteiger partial charge in [-0.05, 0) is 30.5 Å². The van der Waals surface area contributed by atoms with Gasteiger partial charge in [-0.3, -0.25) is 4.57 Å². The molecule has 2 aromatic rings. The van der Waals surface area contributed by atoms with Gasteiger partial charge < -0.3 is 5.11 Å². The zero-order chi connectivity index (χ0) is 15.1. The van der Waals surface area contributed by atoms with Gasteiger partial charge in [-0.2, -0.15) is 0 Å². The number of halogens is 1. The molecule has 1 aromatic carbocycles. The number of rotatable bonds is 3. The van der Waals surface area contributed by atoms with Gasteiger partial charge in [0.2, 0.25) is 0 Å². The highest BCUT2D eigenvalue weighted by molar-refractivity contribution is 6.32. The zero-order valence-corrected chi connectivity index (χ0v) is 13.2. The largest absolute Gasteiger partial charge is 0.396 e. The lowest BCUT2D eigenvalue weighted by molar-refractivity contribution is 0.296. The van der Waals surface area contributed by atoms with Crippen LogP contribution in [0.5, 0.6) is 0 Å². The lowest BCUT2D eigenvalue weighted by atomic mass is 10.2. The van der Waals surface area contributed by atoms with Crippen LogP contribution in [0.25, 0.3) is 5.69 Å². The van der Waals surface area contributed by atoms with Crippen LogP contribution in [0.3, 0.4) is 0 Å². The van der Waals surface area contributed by atoms with Gasteiger partial charge in [0.25, 0.3) is 0 Å². The van der Waals surface area contributed by atoms with Crippen molar-refractivity contribution in [3.05, 3.63) is 40.9 Å². The van der Waals surface area contributed by atoms with Gasteiger partial charge in [0, 0.05) is 6.42 Å². The van der Waals surface area contributed by atoms with E-state index in [0.29, 0.717) is 17.3 Å². The summed E-state index contributed by atoms with van der Waals surface area (Å²) in [5.41, 5.74) is 1.94. The van der Waals surface area contributed by atoms with Gasteiger partial charge in [-0.1, -0.05) is 38.4 Å². The SMILES string of the molecule is CC(C)C.Cc1ccc(-n2cnnc2CCO)c(Cl)c1. The van der Waals surface area contributed by atoms with E-state index in [1.54, 1.807) is 10.9 Å². The van der Waals surface area contributed by atoms with Gasteiger partial charge in [0.15, 0.2) is 0 Å². The van der Waals surface area contributed by atoms with Crippen molar-refractivity contribution < 1.29 is 5.11 Å². The van der Waals surface area contributed by atoms with E-state index in [1.165, 1.54) is 0 Å². The monoisotopic (exact) mass is 295 g/mol. The molecule has 0 bridgehead atoms. The molecule has 0 atom stereocenters. The molecule has 0 aliphatic rings. The van der Waals surface area contributed by atoms with Gasteiger partial charge in [0.1, 0.15) is 12.2 Å². The molecule has 0 saturated heterocycles. The maximum Gasteiger partial charge on any atom is 0.139 e. The third-order valence-electron chi connectivity index (χ3n) is 2.32. The summed E-state index contributed by atoms with van der Waals surface area (Å²) < 4.78 is 1.79. The summed E-state index contributed by atoms with van der Waals surface area (Å²) in [7, 11) is 0. The first-order chi connectivity index (χ1) is 9.45. The van der Waals surface area contributed by atoms with Crippen molar-refractivity contribution in [3.63, 3.8) is 0 Å². The Kier molecular flexibility index (Phi) is 6.68. The standard InChI is InChI=1S/C11H12ClN3O.C4H10/c1-8-2-3-10(9(12)6-8)15-7-13-14-11(15)4-5-16;1-4(2)3/h2-3,6-7,16H,4-5H2,1H3;4H,1-3H3. The Hall–Kier alpha value is -1.39. The molecule has 4 nitrogen and oxygen atoms in total. The molecular weight excluding hydrogens is 274 g/mol. The Morgan fingerprint density at radius 2 is 1.95 bits per heavy atom. The fraction of sp³-hybridized carbons (Fsp3) is 0.467. The molecule has 0 saturated carbocycles. The molecule has 110 valence electrons. The molecule has 0 amide bonds. The summed E-state index contributed by atoms with van der Waals surface area (Å²) in [5, 5.41) is 17.3. The van der Waals surface area contributed by atoms with Crippen LogP contribution in [0.15, 0.2) is 24.5 Å². The van der Waals surface area contributed by atoms with E-state index >= 15 is 0 Å². The molecule has 1 heterocycles. The molecule has 20 heavy (non-hydrogen) atoms. The molecule has 0 aliphatic heterocycles. The number of hydrogen-bond donors (Lipinski definition) is 1. The molecule has 2 rings (SSSR count). The van der Waals surface area contributed by atoms with Crippen LogP contribution in [-0.4, -0.2) is 26.5 Å². The van der Waals surface area contributed by atoms with Gasteiger partial charge >= 0.3 is 0 Å². The Balaban J connectivity index is 0.000000444. The maximum atomic E-state index is 8.91. The zero-order valence-electron chi connectivity index (χ0n) is 12.5. The predicted octanol–water partition coefficient (Wildman–Crippen LogP) is 3.43. The highest BCUT2D eigenvalue weighted by Gasteiger charge is 2.08. The van der Waals surface area contributed by atoms with Gasteiger partial charge in [-0.25, -0.2) is 0 Å². The van der Waals surface area contributed by atoms with E-state index in [9.17, 15) is 0 Å². The molecular formula is C15H22ClN3O. The van der Waals surface area contributed by atoms with Crippen molar-refractivity contribution in [1.82, 2.24) is 14.8 Å². The smallest absolute Gasteiger partial charge is 0.139 e. The van der Waals surface area contributed by atoms with Crippen LogP contribution >= 0.6 is 11.6 Å². The minimum atomic E-state index is 0.0438. The van der Waals surface area contributed by atoms with Crippen LogP contribution in [0.4, 0.5) is 0 Å². The fourth-order valence-corrected chi connectivity index (χ4v) is 1.86. The Labute approximate surface area is 125 Å². The average molecular weight is 296 g/mol. The quantitative estimate of drug-likeness (QED) is 0.944. The second kappa shape index (κ2) is 8.02. The molecule has 0 aliphatic carbocycles. The molecule has 0 spiro atoms. The van der Waals surface area contributed by atoms with Gasteiger partial charge in [-0.15, -0.1) is 10.2 Å². The van der Waals surface area contributed by atoms with Crippen LogP contribution in [0.2, 0.25) is 5.02 Å². The van der Waals surface area contributed by atoms with E-state index < -0.39 is 0 Å². The summed E-state index contributed by atoms with van der Waals surface area (Å²) in [5.74, 6) is 1.54. The number of aromatic nitrogens is 3. The maximum absolute atomic E-state index is 8.91. The first-order valence-electron chi connectivity index (χ1n) is 6.72. The molecule has 0 unspecified atom stereocenters. The number of nitrogens with zero attached hydrogens (tertiary/aromatic N) is 3. The number of aryl methyl sites for hydroxylation is 1. The van der Waals surface area contributed by atoms with E-state index in [1.807, 2.05) is 25.1 Å². The molecule has 1 N–H and O–H groups in total. The van der Waals surface area contributed by atoms with Crippen LogP contribution in [0.1, 0.15) is 32.2 Å². The van der Waals surface area contributed by atoms with Crippen LogP contribution < -0.4 is 0 Å². The minimum absolute atomic E-state index is 0.0438. The summed E-state index contributed by atoms with van der Waals surface area (Å²) in [6, 6.07) is 5.78. The number of aliphatic hydroxyl groups excluding tert-OH is 1. The van der Waals surface area contributed by atoms with E-state index in [-0.39, 0.29) is 6.61 Å². The van der Waals surface area contributed by atoms with Crippen molar-refractivity contribution in [2.75, 3.05) is 6.61 Å². The Morgan fingerprint density at radius 1 is 1.30 bits per heavy atom. The minimum Gasteiger partial charge on any atom is -0.396 e. The van der Waals surface area contributed by atoms with Crippen LogP contribution in [0, 0.1) is 12.8 Å². The van der Waals surface area contributed by atoms with Crippen molar-refractivity contribution in [2.24, 2.45) is 5.92 Å². The van der Waals surface area contributed by atoms with E-state index in [0.717, 1.165) is 17.2 Å². The summed E-state index contributed by atoms with van der Waals surface area (Å²) >= 11 is 6.15. The topological polar surface area (TPSA) is 50.9 Å². The predicted molar refractivity (Wildman–Crippen MR) is 82.4 cm³/mol. The molecule has 1 aromatic heterocycles. The molecule has 0 radical (unpaired) electrons. The number of aliphatic hydroxyl groups is 1. The second-order valence-corrected chi connectivity index (χ2v) is 5.68. The summed E-state index contributed by atoms with van der Waals surface area (Å²) in [6.45, 7) is 8.53. The normalized spacial score (nSPS) is 10.3. The lowest BCUT2D eigenvalue weighted by Gasteiger charge is -2.08. The van der Waals surface area contributed by atoms with Crippen molar-refractivity contribution >= 4 is 11.6 Å². The van der Waals surface area contributed by atoms with Crippen molar-refractivity contribution in [1.29, 1.82) is 0 Å². The Morgan fingerprint density at radius 3 is 2.50 bits per heavy atom. The highest BCUT2D eigenvalue weighted by atomic mass is 35.5. The number of benzene rings is 1. The molecule has 5 heteroatoms. The fourth-order valence-electron chi connectivity index (χ4n) is 1.54. The summed E-state index contributed by atoms with van der Waals surface area (Å²) in [4.78, 5) is 0. The van der Waals surface area contributed by atoms with E-state index in [4.69, 9.17) is 16.7 Å². The van der Waals surface area contributed by atoms with Gasteiger partial charge in [0.05, 0.1) is 17.3 Å². The van der Waals surface area contributed by atoms with Crippen molar-refractivity contribution in [3.8, 4) is 5.69 Å². The first-order valence-corrected chi connectivity index (χ1v) is 7.09.